The minimum absolute atomic E-state index is 0.381. The van der Waals surface area contributed by atoms with Crippen molar-refractivity contribution in [2.24, 2.45) is 4.99 Å². The van der Waals surface area contributed by atoms with Gasteiger partial charge in [-0.3, -0.25) is 0 Å². The number of benzene rings is 1. The maximum Gasteiger partial charge on any atom is 0.213 e. The van der Waals surface area contributed by atoms with Crippen LogP contribution in [-0.2, 0) is 6.54 Å². The highest BCUT2D eigenvalue weighted by Crippen LogP contribution is 2.19. The Hall–Kier alpha value is -2.76. The van der Waals surface area contributed by atoms with E-state index in [0.29, 0.717) is 18.5 Å². The van der Waals surface area contributed by atoms with E-state index < -0.39 is 0 Å². The van der Waals surface area contributed by atoms with Crippen molar-refractivity contribution in [3.8, 4) is 5.88 Å². The molecule has 0 radical (unpaired) electrons. The molecule has 26 heavy (non-hydrogen) atoms. The van der Waals surface area contributed by atoms with E-state index in [2.05, 4.69) is 62.8 Å². The van der Waals surface area contributed by atoms with Crippen molar-refractivity contribution in [2.75, 3.05) is 31.6 Å². The zero-order valence-electron chi connectivity index (χ0n) is 15.5. The van der Waals surface area contributed by atoms with Gasteiger partial charge >= 0.3 is 0 Å². The number of hydrogen-bond acceptors (Lipinski definition) is 4. The summed E-state index contributed by atoms with van der Waals surface area (Å²) >= 11 is 0. The van der Waals surface area contributed by atoms with Crippen LogP contribution in [0.4, 0.5) is 5.69 Å². The van der Waals surface area contributed by atoms with Crippen molar-refractivity contribution < 1.29 is 4.74 Å². The molecule has 6 heteroatoms. The first-order valence-corrected chi connectivity index (χ1v) is 9.13. The summed E-state index contributed by atoms with van der Waals surface area (Å²) in [4.78, 5) is 11.5. The first-order chi connectivity index (χ1) is 12.8. The quantitative estimate of drug-likeness (QED) is 0.617. The third kappa shape index (κ3) is 4.88. The summed E-state index contributed by atoms with van der Waals surface area (Å²) in [5, 5.41) is 6.88. The lowest BCUT2D eigenvalue weighted by atomic mass is 10.2. The smallest absolute Gasteiger partial charge is 0.213 e. The van der Waals surface area contributed by atoms with Gasteiger partial charge in [0.05, 0.1) is 19.3 Å². The molecule has 6 nitrogen and oxygen atoms in total. The van der Waals surface area contributed by atoms with Crippen LogP contribution in [0.3, 0.4) is 0 Å². The molecule has 0 saturated carbocycles. The SMILES string of the molecule is CCNC(=NCc1cccc(OC)n1)NC1CCN(c2ccccc2)C1. The molecule has 2 aromatic rings. The molecule has 138 valence electrons. The van der Waals surface area contributed by atoms with Gasteiger partial charge in [0.2, 0.25) is 5.88 Å². The molecule has 2 N–H and O–H groups in total. The van der Waals surface area contributed by atoms with Crippen LogP contribution in [0.2, 0.25) is 0 Å². The molecule has 1 aliphatic heterocycles. The average molecular weight is 353 g/mol. The number of nitrogens with one attached hydrogen (secondary N) is 2. The minimum atomic E-state index is 0.381. The number of ether oxygens (including phenoxy) is 1. The molecule has 1 fully saturated rings. The van der Waals surface area contributed by atoms with Crippen LogP contribution in [0.1, 0.15) is 19.0 Å². The topological polar surface area (TPSA) is 61.8 Å². The predicted molar refractivity (Wildman–Crippen MR) is 106 cm³/mol. The lowest BCUT2D eigenvalue weighted by Crippen LogP contribution is -2.44. The number of methoxy groups -OCH3 is 1. The van der Waals surface area contributed by atoms with Gasteiger partial charge in [0.1, 0.15) is 0 Å². The Kier molecular flexibility index (Phi) is 6.30. The van der Waals surface area contributed by atoms with Gasteiger partial charge in [-0.05, 0) is 31.5 Å². The molecule has 0 bridgehead atoms. The van der Waals surface area contributed by atoms with Crippen LogP contribution in [0.25, 0.3) is 0 Å². The lowest BCUT2D eigenvalue weighted by Gasteiger charge is -2.20. The number of rotatable bonds is 6. The largest absolute Gasteiger partial charge is 0.481 e. The monoisotopic (exact) mass is 353 g/mol. The molecule has 1 aromatic heterocycles. The minimum Gasteiger partial charge on any atom is -0.481 e. The van der Waals surface area contributed by atoms with Gasteiger partial charge in [-0.2, -0.15) is 0 Å². The molecule has 3 rings (SSSR count). The average Bonchev–Trinajstić information content (AvgIpc) is 3.16. The van der Waals surface area contributed by atoms with Crippen LogP contribution in [0.5, 0.6) is 5.88 Å². The first-order valence-electron chi connectivity index (χ1n) is 9.13. The number of guanidine groups is 1. The van der Waals surface area contributed by atoms with E-state index in [-0.39, 0.29) is 0 Å². The summed E-state index contributed by atoms with van der Waals surface area (Å²) < 4.78 is 5.17. The fourth-order valence-corrected chi connectivity index (χ4v) is 3.08. The van der Waals surface area contributed by atoms with Crippen molar-refractivity contribution in [3.63, 3.8) is 0 Å². The highest BCUT2D eigenvalue weighted by atomic mass is 16.5. The molecular weight excluding hydrogens is 326 g/mol. The third-order valence-corrected chi connectivity index (χ3v) is 4.38. The van der Waals surface area contributed by atoms with Crippen molar-refractivity contribution in [2.45, 2.75) is 25.9 Å². The molecule has 1 unspecified atom stereocenters. The Morgan fingerprint density at radius 2 is 2.08 bits per heavy atom. The number of nitrogens with zero attached hydrogens (tertiary/aromatic N) is 3. The molecule has 0 spiro atoms. The predicted octanol–water partition coefficient (Wildman–Crippen LogP) is 2.42. The Bertz CT molecular complexity index is 719. The van der Waals surface area contributed by atoms with Gasteiger partial charge in [-0.15, -0.1) is 0 Å². The maximum atomic E-state index is 5.17. The van der Waals surface area contributed by atoms with Crippen LogP contribution in [0.15, 0.2) is 53.5 Å². The van der Waals surface area contributed by atoms with Crippen LogP contribution in [-0.4, -0.2) is 43.7 Å². The van der Waals surface area contributed by atoms with E-state index in [0.717, 1.165) is 37.7 Å². The second-order valence-corrected chi connectivity index (χ2v) is 6.28. The van der Waals surface area contributed by atoms with Crippen molar-refractivity contribution in [1.29, 1.82) is 0 Å². The van der Waals surface area contributed by atoms with Crippen LogP contribution < -0.4 is 20.3 Å². The molecule has 1 aromatic carbocycles. The molecule has 1 aliphatic rings. The van der Waals surface area contributed by atoms with Crippen molar-refractivity contribution in [1.82, 2.24) is 15.6 Å². The number of aliphatic imine (C=N–C) groups is 1. The summed E-state index contributed by atoms with van der Waals surface area (Å²) in [6.45, 7) is 5.45. The van der Waals surface area contributed by atoms with Gasteiger partial charge in [0.15, 0.2) is 5.96 Å². The zero-order valence-corrected chi connectivity index (χ0v) is 15.5. The number of pyridine rings is 1. The van der Waals surface area contributed by atoms with Gasteiger partial charge in [0, 0.05) is 37.4 Å². The Labute approximate surface area is 155 Å². The Balaban J connectivity index is 1.59. The number of hydrogen-bond donors (Lipinski definition) is 2. The fraction of sp³-hybridized carbons (Fsp3) is 0.400. The second kappa shape index (κ2) is 9.08. The standard InChI is InChI=1S/C20H27N5O/c1-3-21-20(22-14-16-8-7-11-19(23-16)26-2)24-17-12-13-25(15-17)18-9-5-4-6-10-18/h4-11,17H,3,12-15H2,1-2H3,(H2,21,22,24). The number of anilines is 1. The van der Waals surface area contributed by atoms with E-state index in [4.69, 9.17) is 4.74 Å². The second-order valence-electron chi connectivity index (χ2n) is 6.28. The molecule has 1 atom stereocenters. The van der Waals surface area contributed by atoms with Crippen LogP contribution >= 0.6 is 0 Å². The highest BCUT2D eigenvalue weighted by molar-refractivity contribution is 5.80. The number of para-hydroxylation sites is 1. The summed E-state index contributed by atoms with van der Waals surface area (Å²) in [6, 6.07) is 16.7. The summed E-state index contributed by atoms with van der Waals surface area (Å²) in [5.74, 6) is 1.45. The molecule has 2 heterocycles. The molecule has 1 saturated heterocycles. The molecule has 0 aliphatic carbocycles. The fourth-order valence-electron chi connectivity index (χ4n) is 3.08. The van der Waals surface area contributed by atoms with E-state index in [1.807, 2.05) is 18.2 Å². The van der Waals surface area contributed by atoms with E-state index in [9.17, 15) is 0 Å². The highest BCUT2D eigenvalue weighted by Gasteiger charge is 2.23. The van der Waals surface area contributed by atoms with Crippen molar-refractivity contribution >= 4 is 11.6 Å². The summed E-state index contributed by atoms with van der Waals surface area (Å²) in [6.07, 6.45) is 1.09. The van der Waals surface area contributed by atoms with Gasteiger partial charge in [0.25, 0.3) is 0 Å². The van der Waals surface area contributed by atoms with E-state index in [1.54, 1.807) is 7.11 Å². The van der Waals surface area contributed by atoms with Crippen LogP contribution in [0, 0.1) is 0 Å². The molecular formula is C20H27N5O. The third-order valence-electron chi connectivity index (χ3n) is 4.38. The van der Waals surface area contributed by atoms with Gasteiger partial charge < -0.3 is 20.3 Å². The Morgan fingerprint density at radius 1 is 1.23 bits per heavy atom. The summed E-state index contributed by atoms with van der Waals surface area (Å²) in [5.41, 5.74) is 2.17. The Morgan fingerprint density at radius 3 is 2.85 bits per heavy atom. The van der Waals surface area contributed by atoms with Crippen molar-refractivity contribution in [3.05, 3.63) is 54.2 Å². The molecule has 0 amide bonds. The lowest BCUT2D eigenvalue weighted by molar-refractivity contribution is 0.396. The van der Waals surface area contributed by atoms with Gasteiger partial charge in [-0.1, -0.05) is 24.3 Å². The normalized spacial score (nSPS) is 17.2. The number of aromatic nitrogens is 1. The first kappa shape index (κ1) is 18.0. The van der Waals surface area contributed by atoms with E-state index >= 15 is 0 Å². The van der Waals surface area contributed by atoms with Gasteiger partial charge in [-0.25, -0.2) is 9.98 Å². The maximum absolute atomic E-state index is 5.17. The zero-order chi connectivity index (χ0) is 18.2. The summed E-state index contributed by atoms with van der Waals surface area (Å²) in [7, 11) is 1.62. The van der Waals surface area contributed by atoms with E-state index in [1.165, 1.54) is 5.69 Å².